The van der Waals surface area contributed by atoms with Crippen LogP contribution in [0.15, 0.2) is 63.7 Å². The summed E-state index contributed by atoms with van der Waals surface area (Å²) < 4.78 is 38.7. The van der Waals surface area contributed by atoms with E-state index >= 15 is 0 Å². The Labute approximate surface area is 217 Å². The molecule has 4 aromatic rings. The van der Waals surface area contributed by atoms with Crippen molar-refractivity contribution in [3.8, 4) is 22.7 Å². The van der Waals surface area contributed by atoms with Gasteiger partial charge in [-0.2, -0.15) is 0 Å². The van der Waals surface area contributed by atoms with Gasteiger partial charge in [-0.25, -0.2) is 17.8 Å². The maximum atomic E-state index is 13.4. The predicted molar refractivity (Wildman–Crippen MR) is 138 cm³/mol. The number of thiazole rings is 1. The average Bonchev–Trinajstić information content (AvgIpc) is 3.61. The Hall–Kier alpha value is -2.99. The van der Waals surface area contributed by atoms with Gasteiger partial charge < -0.3 is 9.30 Å². The lowest BCUT2D eigenvalue weighted by molar-refractivity contribution is 0.293. The lowest BCUT2D eigenvalue weighted by Crippen LogP contribution is -2.33. The number of nitrogens with zero attached hydrogens (tertiary/aromatic N) is 4. The van der Waals surface area contributed by atoms with Gasteiger partial charge >= 0.3 is 4.87 Å². The van der Waals surface area contributed by atoms with Gasteiger partial charge in [0.15, 0.2) is 0 Å². The molecule has 36 heavy (non-hydrogen) atoms. The van der Waals surface area contributed by atoms with E-state index in [1.807, 2.05) is 12.1 Å². The molecule has 1 aliphatic carbocycles. The van der Waals surface area contributed by atoms with Crippen molar-refractivity contribution in [1.29, 1.82) is 0 Å². The van der Waals surface area contributed by atoms with Gasteiger partial charge in [0, 0.05) is 29.1 Å². The first-order valence-corrected chi connectivity index (χ1v) is 14.2. The van der Waals surface area contributed by atoms with Gasteiger partial charge in [0.05, 0.1) is 17.6 Å². The summed E-state index contributed by atoms with van der Waals surface area (Å²) >= 11 is 7.13. The lowest BCUT2D eigenvalue weighted by atomic mass is 10.1. The summed E-state index contributed by atoms with van der Waals surface area (Å²) in [5.41, 5.74) is 2.52. The van der Waals surface area contributed by atoms with Crippen LogP contribution in [0.1, 0.15) is 31.4 Å². The van der Waals surface area contributed by atoms with Crippen LogP contribution >= 0.6 is 22.9 Å². The first-order valence-electron chi connectivity index (χ1n) is 11.4. The summed E-state index contributed by atoms with van der Waals surface area (Å²) in [7, 11) is -2.21. The average molecular weight is 546 g/mol. The van der Waals surface area contributed by atoms with Crippen LogP contribution in [0.3, 0.4) is 0 Å². The zero-order valence-electron chi connectivity index (χ0n) is 19.4. The normalized spacial score (nSPS) is 14.4. The highest BCUT2D eigenvalue weighted by atomic mass is 35.5. The standard InChI is InChI=1S/C24H24ClN5O4S2/c1-29-21(15-35-24(29)31)16-9-10-22(23(11-16)36(32,33)27-18-6-2-3-7-18)34-14-19-13-30(28-26-19)20-8-4-5-17(25)12-20/h4-5,8-13,15,18,27H,2-3,6-7,14H2,1H3. The number of nitrogens with one attached hydrogen (secondary N) is 1. The third-order valence-corrected chi connectivity index (χ3v) is 8.70. The summed E-state index contributed by atoms with van der Waals surface area (Å²) in [6, 6.07) is 12.0. The molecular formula is C24H24ClN5O4S2. The number of sulfonamides is 1. The number of hydrogen-bond acceptors (Lipinski definition) is 7. The second-order valence-corrected chi connectivity index (χ2v) is 11.6. The Morgan fingerprint density at radius 3 is 2.72 bits per heavy atom. The van der Waals surface area contributed by atoms with Crippen molar-refractivity contribution in [3.63, 3.8) is 0 Å². The summed E-state index contributed by atoms with van der Waals surface area (Å²) in [6.45, 7) is 0.0167. The van der Waals surface area contributed by atoms with Crippen LogP contribution in [0, 0.1) is 0 Å². The van der Waals surface area contributed by atoms with E-state index in [0.29, 0.717) is 22.0 Å². The number of rotatable bonds is 8. The molecule has 0 atom stereocenters. The van der Waals surface area contributed by atoms with Gasteiger partial charge in [-0.05, 0) is 49.2 Å². The molecule has 0 radical (unpaired) electrons. The molecule has 2 heterocycles. The number of ether oxygens (including phenoxy) is 1. The maximum absolute atomic E-state index is 13.4. The fourth-order valence-electron chi connectivity index (χ4n) is 4.21. The quantitative estimate of drug-likeness (QED) is 0.356. The molecule has 0 spiro atoms. The lowest BCUT2D eigenvalue weighted by Gasteiger charge is -2.17. The predicted octanol–water partition coefficient (Wildman–Crippen LogP) is 4.15. The maximum Gasteiger partial charge on any atom is 0.307 e. The zero-order chi connectivity index (χ0) is 25.3. The topological polar surface area (TPSA) is 108 Å². The van der Waals surface area contributed by atoms with Gasteiger partial charge in [0.25, 0.3) is 0 Å². The SMILES string of the molecule is Cn1c(-c2ccc(OCc3cn(-c4cccc(Cl)c4)nn3)c(S(=O)(=O)NC3CCCC3)c2)csc1=O. The van der Waals surface area contributed by atoms with E-state index in [9.17, 15) is 13.2 Å². The molecule has 0 unspecified atom stereocenters. The summed E-state index contributed by atoms with van der Waals surface area (Å²) in [5, 5.41) is 10.5. The Balaban J connectivity index is 1.44. The molecule has 2 aromatic carbocycles. The van der Waals surface area contributed by atoms with Gasteiger partial charge in [-0.3, -0.25) is 4.79 Å². The molecule has 0 aliphatic heterocycles. The van der Waals surface area contributed by atoms with Gasteiger partial charge in [0.1, 0.15) is 22.9 Å². The molecule has 1 aliphatic rings. The van der Waals surface area contributed by atoms with Crippen LogP contribution in [-0.2, 0) is 23.7 Å². The van der Waals surface area contributed by atoms with E-state index < -0.39 is 10.0 Å². The molecule has 1 N–H and O–H groups in total. The van der Waals surface area contributed by atoms with Gasteiger partial charge in [-0.15, -0.1) is 5.10 Å². The van der Waals surface area contributed by atoms with Crippen molar-refractivity contribution in [2.24, 2.45) is 7.05 Å². The van der Waals surface area contributed by atoms with Crippen LogP contribution in [0.5, 0.6) is 5.75 Å². The minimum absolute atomic E-state index is 0.0167. The van der Waals surface area contributed by atoms with Crippen molar-refractivity contribution in [3.05, 3.63) is 74.4 Å². The molecule has 1 fully saturated rings. The molecule has 2 aromatic heterocycles. The van der Waals surface area contributed by atoms with Crippen LogP contribution in [0.25, 0.3) is 16.9 Å². The van der Waals surface area contributed by atoms with E-state index in [0.717, 1.165) is 42.7 Å². The molecule has 0 amide bonds. The van der Waals surface area contributed by atoms with E-state index in [-0.39, 0.29) is 28.2 Å². The zero-order valence-corrected chi connectivity index (χ0v) is 21.8. The molecular weight excluding hydrogens is 522 g/mol. The molecule has 5 rings (SSSR count). The smallest absolute Gasteiger partial charge is 0.307 e. The molecule has 0 saturated heterocycles. The molecule has 9 nitrogen and oxygen atoms in total. The second kappa shape index (κ2) is 10.2. The molecule has 12 heteroatoms. The van der Waals surface area contributed by atoms with E-state index in [1.165, 1.54) is 4.57 Å². The summed E-state index contributed by atoms with van der Waals surface area (Å²) in [5.74, 6) is 0.196. The number of benzene rings is 2. The minimum Gasteiger partial charge on any atom is -0.486 e. The van der Waals surface area contributed by atoms with E-state index in [2.05, 4.69) is 15.0 Å². The monoisotopic (exact) mass is 545 g/mol. The Bertz CT molecular complexity index is 1550. The highest BCUT2D eigenvalue weighted by Gasteiger charge is 2.27. The number of halogens is 1. The van der Waals surface area contributed by atoms with Crippen LogP contribution < -0.4 is 14.3 Å². The largest absolute Gasteiger partial charge is 0.486 e. The van der Waals surface area contributed by atoms with Gasteiger partial charge in [0.2, 0.25) is 10.0 Å². The van der Waals surface area contributed by atoms with E-state index in [4.69, 9.17) is 16.3 Å². The van der Waals surface area contributed by atoms with Crippen molar-refractivity contribution in [2.45, 2.75) is 43.2 Å². The van der Waals surface area contributed by atoms with Gasteiger partial charge in [-0.1, -0.05) is 47.1 Å². The Kier molecular flexibility index (Phi) is 6.98. The Morgan fingerprint density at radius 1 is 1.19 bits per heavy atom. The third kappa shape index (κ3) is 5.24. The molecule has 188 valence electrons. The first-order chi connectivity index (χ1) is 17.3. The number of aromatic nitrogens is 4. The molecule has 0 bridgehead atoms. The fourth-order valence-corrected chi connectivity index (χ4v) is 6.63. The van der Waals surface area contributed by atoms with Crippen LogP contribution in [0.4, 0.5) is 0 Å². The number of hydrogen-bond donors (Lipinski definition) is 1. The second-order valence-electron chi connectivity index (χ2n) is 8.63. The fraction of sp³-hybridized carbons (Fsp3) is 0.292. The minimum atomic E-state index is -3.87. The van der Waals surface area contributed by atoms with Crippen LogP contribution in [-0.4, -0.2) is 34.0 Å². The van der Waals surface area contributed by atoms with Crippen molar-refractivity contribution >= 4 is 33.0 Å². The van der Waals surface area contributed by atoms with Crippen molar-refractivity contribution in [2.75, 3.05) is 0 Å². The summed E-state index contributed by atoms with van der Waals surface area (Å²) in [6.07, 6.45) is 5.30. The third-order valence-electron chi connectivity index (χ3n) is 6.10. The van der Waals surface area contributed by atoms with Crippen LogP contribution in [0.2, 0.25) is 5.02 Å². The first kappa shape index (κ1) is 24.7. The highest BCUT2D eigenvalue weighted by Crippen LogP contribution is 2.32. The van der Waals surface area contributed by atoms with Crippen molar-refractivity contribution < 1.29 is 13.2 Å². The highest BCUT2D eigenvalue weighted by molar-refractivity contribution is 7.89. The Morgan fingerprint density at radius 2 is 2.00 bits per heavy atom. The van der Waals surface area contributed by atoms with Crippen molar-refractivity contribution in [1.82, 2.24) is 24.3 Å². The molecule has 1 saturated carbocycles. The van der Waals surface area contributed by atoms with E-state index in [1.54, 1.807) is 53.6 Å². The summed E-state index contributed by atoms with van der Waals surface area (Å²) in [4.78, 5) is 11.9.